The molecule has 1 aliphatic heterocycles. The molecule has 1 aliphatic rings. The van der Waals surface area contributed by atoms with Crippen molar-refractivity contribution >= 4 is 72.1 Å². The maximum absolute atomic E-state index is 2.44. The first kappa shape index (κ1) is 23.6. The van der Waals surface area contributed by atoms with E-state index in [1.807, 2.05) is 0 Å². The summed E-state index contributed by atoms with van der Waals surface area (Å²) in [5.41, 5.74) is 8.10. The van der Waals surface area contributed by atoms with Crippen LogP contribution in [0, 0.1) is 0 Å². The van der Waals surface area contributed by atoms with Crippen molar-refractivity contribution in [2.24, 2.45) is 0 Å². The highest BCUT2D eigenvalue weighted by Crippen LogP contribution is 2.56. The topological polar surface area (TPSA) is 9.72 Å². The minimum atomic E-state index is 1.15. The van der Waals surface area contributed by atoms with Gasteiger partial charge in [-0.3, -0.25) is 0 Å². The molecule has 8 rings (SSSR count). The lowest BCUT2D eigenvalue weighted by Gasteiger charge is -2.41. The monoisotopic (exact) mass is 527 g/mol. The number of rotatable bonds is 3. The molecule has 0 unspecified atom stereocenters. The number of fused-ring (bicyclic) bond motifs is 5. The van der Waals surface area contributed by atoms with E-state index in [-0.39, 0.29) is 0 Å². The van der Waals surface area contributed by atoms with E-state index in [0.29, 0.717) is 0 Å². The molecule has 0 aromatic heterocycles. The van der Waals surface area contributed by atoms with Crippen molar-refractivity contribution in [3.63, 3.8) is 0 Å². The van der Waals surface area contributed by atoms with Crippen molar-refractivity contribution in [2.75, 3.05) is 28.8 Å². The Hall–Kier alpha value is -5.28. The van der Waals surface area contributed by atoms with E-state index in [1.165, 1.54) is 32.3 Å². The number of benzene rings is 7. The normalized spacial score (nSPS) is 12.5. The second kappa shape index (κ2) is 9.14. The van der Waals surface area contributed by atoms with Crippen LogP contribution in [0.5, 0.6) is 0 Å². The smallest absolute Gasteiger partial charge is 0.0723 e. The lowest BCUT2D eigenvalue weighted by Crippen LogP contribution is -2.24. The van der Waals surface area contributed by atoms with Gasteiger partial charge in [-0.05, 0) is 86.9 Å². The maximum Gasteiger partial charge on any atom is 0.0723 e. The Labute approximate surface area is 240 Å². The molecule has 7 aromatic rings. The van der Waals surface area contributed by atoms with Crippen LogP contribution in [0.15, 0.2) is 140 Å². The Balaban J connectivity index is 1.45. The van der Waals surface area contributed by atoms with E-state index >= 15 is 0 Å². The summed E-state index contributed by atoms with van der Waals surface area (Å²) in [4.78, 5) is 7.05. The van der Waals surface area contributed by atoms with E-state index in [2.05, 4.69) is 168 Å². The molecule has 7 aromatic carbocycles. The van der Waals surface area contributed by atoms with Gasteiger partial charge in [-0.15, -0.1) is 0 Å². The molecule has 0 aliphatic carbocycles. The fourth-order valence-electron chi connectivity index (χ4n) is 6.18. The molecule has 1 heterocycles. The predicted octanol–water partition coefficient (Wildman–Crippen LogP) is 10.5. The molecule has 196 valence electrons. The molecular formula is C38H29N3. The van der Waals surface area contributed by atoms with E-state index in [4.69, 9.17) is 0 Å². The standard InChI is InChI=1S/C38H29N3/c1-39(2)32-19-20-35-38(25-32)41(34-18-16-27-10-4-6-12-29(27)22-34)37-24-31-14-8-7-13-30(31)23-36(37)40(35)33-17-15-26-9-3-5-11-28(26)21-33/h3-25H,1-2H3. The van der Waals surface area contributed by atoms with Gasteiger partial charge in [0, 0.05) is 31.2 Å². The van der Waals surface area contributed by atoms with Crippen molar-refractivity contribution in [1.82, 2.24) is 0 Å². The van der Waals surface area contributed by atoms with Crippen LogP contribution in [-0.4, -0.2) is 14.1 Å². The largest absolute Gasteiger partial charge is 0.378 e. The second-order valence-electron chi connectivity index (χ2n) is 11.0. The number of anilines is 7. The molecule has 3 heteroatoms. The molecule has 0 N–H and O–H groups in total. The van der Waals surface area contributed by atoms with Crippen LogP contribution >= 0.6 is 0 Å². The molecule has 0 fully saturated rings. The van der Waals surface area contributed by atoms with Gasteiger partial charge in [0.05, 0.1) is 22.7 Å². The summed E-state index contributed by atoms with van der Waals surface area (Å²) in [7, 11) is 4.21. The molecule has 3 nitrogen and oxygen atoms in total. The molecule has 0 amide bonds. The highest BCUT2D eigenvalue weighted by Gasteiger charge is 2.31. The fraction of sp³-hybridized carbons (Fsp3) is 0.0526. The zero-order valence-electron chi connectivity index (χ0n) is 23.1. The summed E-state index contributed by atoms with van der Waals surface area (Å²) in [5, 5.41) is 7.40. The molecule has 0 radical (unpaired) electrons. The fourth-order valence-corrected chi connectivity index (χ4v) is 6.18. The second-order valence-corrected chi connectivity index (χ2v) is 11.0. The molecule has 0 atom stereocenters. The van der Waals surface area contributed by atoms with Gasteiger partial charge in [0.15, 0.2) is 0 Å². The number of nitrogens with zero attached hydrogens (tertiary/aromatic N) is 3. The molecular weight excluding hydrogens is 498 g/mol. The van der Waals surface area contributed by atoms with Crippen LogP contribution in [0.1, 0.15) is 0 Å². The summed E-state index contributed by atoms with van der Waals surface area (Å²) >= 11 is 0. The van der Waals surface area contributed by atoms with Crippen LogP contribution in [0.3, 0.4) is 0 Å². The van der Waals surface area contributed by atoms with Crippen molar-refractivity contribution < 1.29 is 0 Å². The number of hydrogen-bond acceptors (Lipinski definition) is 3. The lowest BCUT2D eigenvalue weighted by atomic mass is 9.99. The predicted molar refractivity (Wildman–Crippen MR) is 176 cm³/mol. The average Bonchev–Trinajstić information content (AvgIpc) is 3.02. The summed E-state index contributed by atoms with van der Waals surface area (Å²) < 4.78 is 0. The van der Waals surface area contributed by atoms with Gasteiger partial charge < -0.3 is 14.7 Å². The zero-order valence-corrected chi connectivity index (χ0v) is 23.1. The third-order valence-corrected chi connectivity index (χ3v) is 8.26. The van der Waals surface area contributed by atoms with Crippen LogP contribution < -0.4 is 14.7 Å². The minimum Gasteiger partial charge on any atom is -0.378 e. The van der Waals surface area contributed by atoms with Gasteiger partial charge >= 0.3 is 0 Å². The van der Waals surface area contributed by atoms with Gasteiger partial charge in [-0.1, -0.05) is 84.9 Å². The van der Waals surface area contributed by atoms with E-state index in [1.54, 1.807) is 0 Å². The Morgan fingerprint density at radius 1 is 0.366 bits per heavy atom. The van der Waals surface area contributed by atoms with Gasteiger partial charge in [0.2, 0.25) is 0 Å². The third kappa shape index (κ3) is 3.81. The van der Waals surface area contributed by atoms with Crippen LogP contribution in [0.2, 0.25) is 0 Å². The van der Waals surface area contributed by atoms with Crippen molar-refractivity contribution in [3.8, 4) is 0 Å². The van der Waals surface area contributed by atoms with Gasteiger partial charge in [-0.25, -0.2) is 0 Å². The molecule has 0 saturated carbocycles. The van der Waals surface area contributed by atoms with E-state index < -0.39 is 0 Å². The van der Waals surface area contributed by atoms with Crippen LogP contribution in [0.25, 0.3) is 32.3 Å². The SMILES string of the molecule is CN(C)c1ccc2c(c1)N(c1ccc3ccccc3c1)c1cc3ccccc3cc1N2c1ccc2ccccc2c1. The quantitative estimate of drug-likeness (QED) is 0.226. The third-order valence-electron chi connectivity index (χ3n) is 8.26. The first-order valence-electron chi connectivity index (χ1n) is 14.1. The van der Waals surface area contributed by atoms with Crippen LogP contribution in [-0.2, 0) is 0 Å². The highest BCUT2D eigenvalue weighted by molar-refractivity contribution is 6.08. The Morgan fingerprint density at radius 3 is 1.27 bits per heavy atom. The lowest BCUT2D eigenvalue weighted by molar-refractivity contribution is 1.12. The van der Waals surface area contributed by atoms with Crippen molar-refractivity contribution in [3.05, 3.63) is 140 Å². The van der Waals surface area contributed by atoms with E-state index in [0.717, 1.165) is 39.8 Å². The van der Waals surface area contributed by atoms with Gasteiger partial charge in [0.1, 0.15) is 0 Å². The number of hydrogen-bond donors (Lipinski definition) is 0. The zero-order chi connectivity index (χ0) is 27.5. The Kier molecular flexibility index (Phi) is 5.26. The van der Waals surface area contributed by atoms with Gasteiger partial charge in [0.25, 0.3) is 0 Å². The van der Waals surface area contributed by atoms with E-state index in [9.17, 15) is 0 Å². The summed E-state index contributed by atoms with van der Waals surface area (Å²) in [6, 6.07) is 50.9. The molecule has 0 spiro atoms. The summed E-state index contributed by atoms with van der Waals surface area (Å²) in [6.45, 7) is 0. The summed E-state index contributed by atoms with van der Waals surface area (Å²) in [6.07, 6.45) is 0. The summed E-state index contributed by atoms with van der Waals surface area (Å²) in [5.74, 6) is 0. The maximum atomic E-state index is 2.44. The minimum absolute atomic E-state index is 1.15. The molecule has 0 saturated heterocycles. The first-order valence-corrected chi connectivity index (χ1v) is 14.1. The van der Waals surface area contributed by atoms with Gasteiger partial charge in [-0.2, -0.15) is 0 Å². The van der Waals surface area contributed by atoms with Crippen LogP contribution in [0.4, 0.5) is 39.8 Å². The highest BCUT2D eigenvalue weighted by atomic mass is 15.3. The Morgan fingerprint density at radius 2 is 0.780 bits per heavy atom. The average molecular weight is 528 g/mol. The molecule has 41 heavy (non-hydrogen) atoms. The molecule has 0 bridgehead atoms. The first-order chi connectivity index (χ1) is 20.1. The van der Waals surface area contributed by atoms with Crippen molar-refractivity contribution in [1.29, 1.82) is 0 Å². The Bertz CT molecular complexity index is 2110. The van der Waals surface area contributed by atoms with Crippen molar-refractivity contribution in [2.45, 2.75) is 0 Å².